The lowest BCUT2D eigenvalue weighted by Gasteiger charge is -2.30. The Kier molecular flexibility index (Phi) is 6.25. The van der Waals surface area contributed by atoms with Crippen molar-refractivity contribution in [1.29, 1.82) is 10.5 Å². The summed E-state index contributed by atoms with van der Waals surface area (Å²) in [4.78, 5) is 15.1. The number of rotatable bonds is 5. The number of amides is 1. The molecule has 2 N–H and O–H groups in total. The molecule has 0 spiro atoms. The number of morpholine rings is 1. The maximum Gasteiger partial charge on any atom is 0.257 e. The molecule has 0 aromatic heterocycles. The number of allylic oxidation sites excluding steroid dienone is 1. The first-order valence-electron chi connectivity index (χ1n) is 8.82. The first-order chi connectivity index (χ1) is 13.7. The predicted molar refractivity (Wildman–Crippen MR) is 107 cm³/mol. The summed E-state index contributed by atoms with van der Waals surface area (Å²) in [5.41, 5.74) is 2.50. The lowest BCUT2D eigenvalue weighted by molar-refractivity contribution is 0.102. The van der Waals surface area contributed by atoms with Gasteiger partial charge in [0.15, 0.2) is 0 Å². The molecule has 0 aliphatic carbocycles. The van der Waals surface area contributed by atoms with Gasteiger partial charge >= 0.3 is 0 Å². The molecule has 7 nitrogen and oxygen atoms in total. The van der Waals surface area contributed by atoms with Gasteiger partial charge in [0.2, 0.25) is 0 Å². The van der Waals surface area contributed by atoms with Crippen LogP contribution in [-0.4, -0.2) is 32.2 Å². The molecule has 1 aliphatic rings. The van der Waals surface area contributed by atoms with Crippen molar-refractivity contribution in [1.82, 2.24) is 0 Å². The normalized spacial score (nSPS) is 13.0. The van der Waals surface area contributed by atoms with Gasteiger partial charge in [0, 0.05) is 19.3 Å². The van der Waals surface area contributed by atoms with Crippen LogP contribution in [0.3, 0.4) is 0 Å². The molecule has 0 bridgehead atoms. The van der Waals surface area contributed by atoms with Crippen LogP contribution < -0.4 is 15.5 Å². The number of nitrogens with zero attached hydrogens (tertiary/aromatic N) is 3. The zero-order valence-corrected chi connectivity index (χ0v) is 15.2. The molecular weight excluding hydrogens is 354 g/mol. The van der Waals surface area contributed by atoms with E-state index in [-0.39, 0.29) is 11.5 Å². The van der Waals surface area contributed by atoms with Crippen LogP contribution in [0.15, 0.2) is 60.3 Å². The smallest absolute Gasteiger partial charge is 0.257 e. The summed E-state index contributed by atoms with van der Waals surface area (Å²) >= 11 is 0. The Hall–Kier alpha value is -3.81. The van der Waals surface area contributed by atoms with E-state index in [2.05, 4.69) is 15.5 Å². The molecule has 2 aromatic carbocycles. The standard InChI is InChI=1S/C21H19N5O2/c22-13-16(14-23)15-24-18-6-2-1-5-17(18)21(27)25-19-7-3-4-8-20(19)26-9-11-28-12-10-26/h1-8,15,24H,9-12H2,(H,25,27). The highest BCUT2D eigenvalue weighted by Gasteiger charge is 2.17. The molecule has 3 rings (SSSR count). The maximum absolute atomic E-state index is 12.9. The predicted octanol–water partition coefficient (Wildman–Crippen LogP) is 3.12. The number of nitrogens with one attached hydrogen (secondary N) is 2. The molecule has 1 heterocycles. The van der Waals surface area contributed by atoms with Crippen LogP contribution in [0.1, 0.15) is 10.4 Å². The summed E-state index contributed by atoms with van der Waals surface area (Å²) in [7, 11) is 0. The fraction of sp³-hybridized carbons (Fsp3) is 0.190. The number of carbonyl (C=O) groups excluding carboxylic acids is 1. The summed E-state index contributed by atoms with van der Waals surface area (Å²) < 4.78 is 5.40. The lowest BCUT2D eigenvalue weighted by atomic mass is 10.1. The third kappa shape index (κ3) is 4.47. The second-order valence-electron chi connectivity index (χ2n) is 6.04. The third-order valence-electron chi connectivity index (χ3n) is 4.29. The number of carbonyl (C=O) groups is 1. The van der Waals surface area contributed by atoms with E-state index in [4.69, 9.17) is 15.3 Å². The molecule has 0 unspecified atom stereocenters. The summed E-state index contributed by atoms with van der Waals surface area (Å²) in [6.07, 6.45) is 1.29. The number of nitriles is 2. The monoisotopic (exact) mass is 373 g/mol. The molecule has 0 atom stereocenters. The van der Waals surface area contributed by atoms with Crippen LogP contribution in [0.4, 0.5) is 17.1 Å². The number of ether oxygens (including phenoxy) is 1. The van der Waals surface area contributed by atoms with E-state index in [1.807, 2.05) is 24.3 Å². The highest BCUT2D eigenvalue weighted by Crippen LogP contribution is 2.27. The topological polar surface area (TPSA) is 101 Å². The van der Waals surface area contributed by atoms with Gasteiger partial charge in [-0.15, -0.1) is 0 Å². The quantitative estimate of drug-likeness (QED) is 0.781. The van der Waals surface area contributed by atoms with Crippen molar-refractivity contribution in [3.8, 4) is 12.1 Å². The molecule has 1 saturated heterocycles. The zero-order chi connectivity index (χ0) is 19.8. The number of para-hydroxylation sites is 3. The van der Waals surface area contributed by atoms with Crippen molar-refractivity contribution in [2.24, 2.45) is 0 Å². The summed E-state index contributed by atoms with van der Waals surface area (Å²) in [6, 6.07) is 18.1. The molecule has 1 fully saturated rings. The van der Waals surface area contributed by atoms with Crippen molar-refractivity contribution >= 4 is 23.0 Å². The Labute approximate surface area is 163 Å². The van der Waals surface area contributed by atoms with E-state index in [1.54, 1.807) is 36.4 Å². The van der Waals surface area contributed by atoms with Crippen LogP contribution in [0.25, 0.3) is 0 Å². The number of hydrogen-bond acceptors (Lipinski definition) is 6. The second-order valence-corrected chi connectivity index (χ2v) is 6.04. The average molecular weight is 373 g/mol. The van der Waals surface area contributed by atoms with Crippen LogP contribution in [0.5, 0.6) is 0 Å². The minimum atomic E-state index is -0.285. The largest absolute Gasteiger partial charge is 0.378 e. The van der Waals surface area contributed by atoms with E-state index in [0.717, 1.165) is 24.5 Å². The van der Waals surface area contributed by atoms with Crippen molar-refractivity contribution in [3.05, 3.63) is 65.9 Å². The summed E-state index contributed by atoms with van der Waals surface area (Å²) in [5, 5.41) is 23.5. The van der Waals surface area contributed by atoms with Crippen molar-refractivity contribution in [2.45, 2.75) is 0 Å². The van der Waals surface area contributed by atoms with Gasteiger partial charge < -0.3 is 20.3 Å². The van der Waals surface area contributed by atoms with Gasteiger partial charge in [-0.3, -0.25) is 4.79 Å². The molecule has 0 radical (unpaired) electrons. The summed E-state index contributed by atoms with van der Waals surface area (Å²) in [6.45, 7) is 2.84. The van der Waals surface area contributed by atoms with Gasteiger partial charge in [-0.1, -0.05) is 24.3 Å². The van der Waals surface area contributed by atoms with E-state index >= 15 is 0 Å². The number of anilines is 3. The number of hydrogen-bond donors (Lipinski definition) is 2. The molecule has 0 saturated carbocycles. The van der Waals surface area contributed by atoms with Gasteiger partial charge in [0.05, 0.1) is 35.8 Å². The Morgan fingerprint density at radius 1 is 1.00 bits per heavy atom. The van der Waals surface area contributed by atoms with E-state index in [1.165, 1.54) is 6.20 Å². The van der Waals surface area contributed by atoms with E-state index in [0.29, 0.717) is 24.5 Å². The SMILES string of the molecule is N#CC(C#N)=CNc1ccccc1C(=O)Nc1ccccc1N1CCOCC1. The minimum absolute atomic E-state index is 0.0760. The van der Waals surface area contributed by atoms with Gasteiger partial charge in [0.25, 0.3) is 5.91 Å². The Morgan fingerprint density at radius 2 is 1.64 bits per heavy atom. The first kappa shape index (κ1) is 19.0. The first-order valence-corrected chi connectivity index (χ1v) is 8.82. The van der Waals surface area contributed by atoms with E-state index < -0.39 is 0 Å². The minimum Gasteiger partial charge on any atom is -0.378 e. The van der Waals surface area contributed by atoms with Crippen LogP contribution >= 0.6 is 0 Å². The van der Waals surface area contributed by atoms with E-state index in [9.17, 15) is 4.79 Å². The van der Waals surface area contributed by atoms with Crippen molar-refractivity contribution < 1.29 is 9.53 Å². The molecule has 1 aliphatic heterocycles. The molecule has 1 amide bonds. The van der Waals surface area contributed by atoms with Crippen molar-refractivity contribution in [2.75, 3.05) is 41.8 Å². The third-order valence-corrected chi connectivity index (χ3v) is 4.29. The number of benzene rings is 2. The van der Waals surface area contributed by atoms with Crippen LogP contribution in [-0.2, 0) is 4.74 Å². The second kappa shape index (κ2) is 9.22. The Morgan fingerprint density at radius 3 is 2.36 bits per heavy atom. The van der Waals surface area contributed by atoms with Gasteiger partial charge in [-0.25, -0.2) is 0 Å². The lowest BCUT2D eigenvalue weighted by Crippen LogP contribution is -2.36. The fourth-order valence-corrected chi connectivity index (χ4v) is 2.90. The fourth-order valence-electron chi connectivity index (χ4n) is 2.90. The highest BCUT2D eigenvalue weighted by molar-refractivity contribution is 6.09. The zero-order valence-electron chi connectivity index (χ0n) is 15.2. The van der Waals surface area contributed by atoms with Crippen LogP contribution in [0.2, 0.25) is 0 Å². The molecular formula is C21H19N5O2. The van der Waals surface area contributed by atoms with Gasteiger partial charge in [-0.05, 0) is 24.3 Å². The maximum atomic E-state index is 12.9. The Balaban J connectivity index is 1.82. The summed E-state index contributed by atoms with van der Waals surface area (Å²) in [5.74, 6) is -0.285. The van der Waals surface area contributed by atoms with Crippen LogP contribution in [0, 0.1) is 22.7 Å². The molecule has 7 heteroatoms. The molecule has 2 aromatic rings. The molecule has 140 valence electrons. The highest BCUT2D eigenvalue weighted by atomic mass is 16.5. The Bertz CT molecular complexity index is 949. The van der Waals surface area contributed by atoms with Gasteiger partial charge in [-0.2, -0.15) is 10.5 Å². The van der Waals surface area contributed by atoms with Gasteiger partial charge in [0.1, 0.15) is 17.7 Å². The molecule has 28 heavy (non-hydrogen) atoms. The van der Waals surface area contributed by atoms with Crippen molar-refractivity contribution in [3.63, 3.8) is 0 Å². The average Bonchev–Trinajstić information content (AvgIpc) is 2.75.